The van der Waals surface area contributed by atoms with E-state index in [4.69, 9.17) is 4.42 Å². The number of carbonyl (C=O) groups excluding carboxylic acids is 2. The first kappa shape index (κ1) is 18.2. The van der Waals surface area contributed by atoms with Crippen LogP contribution in [0.4, 0.5) is 0 Å². The van der Waals surface area contributed by atoms with Gasteiger partial charge < -0.3 is 14.2 Å². The molecule has 1 aromatic carbocycles. The molecule has 138 valence electrons. The van der Waals surface area contributed by atoms with Crippen molar-refractivity contribution in [2.45, 2.75) is 27.2 Å². The van der Waals surface area contributed by atoms with Crippen molar-refractivity contribution < 1.29 is 14.0 Å². The minimum absolute atomic E-state index is 0.0410. The molecular weight excluding hydrogens is 332 g/mol. The molecule has 1 aromatic heterocycles. The first-order valence-corrected chi connectivity index (χ1v) is 8.89. The first-order valence-electron chi connectivity index (χ1n) is 8.89. The molecule has 0 spiro atoms. The van der Waals surface area contributed by atoms with Crippen LogP contribution in [0.25, 0.3) is 11.0 Å². The van der Waals surface area contributed by atoms with Gasteiger partial charge in [0.2, 0.25) is 5.91 Å². The number of rotatable bonds is 1. The van der Waals surface area contributed by atoms with Gasteiger partial charge in [-0.15, -0.1) is 0 Å². The topological polar surface area (TPSA) is 70.8 Å². The highest BCUT2D eigenvalue weighted by molar-refractivity contribution is 5.96. The summed E-state index contributed by atoms with van der Waals surface area (Å²) in [4.78, 5) is 41.0. The van der Waals surface area contributed by atoms with Crippen LogP contribution in [-0.2, 0) is 4.79 Å². The third-order valence-corrected chi connectivity index (χ3v) is 4.58. The maximum atomic E-state index is 12.9. The zero-order chi connectivity index (χ0) is 18.9. The smallest absolute Gasteiger partial charge is 0.349 e. The number of hydrogen-bond donors (Lipinski definition) is 0. The van der Waals surface area contributed by atoms with Crippen LogP contribution >= 0.6 is 0 Å². The van der Waals surface area contributed by atoms with E-state index in [1.54, 1.807) is 34.1 Å². The number of benzene rings is 1. The lowest BCUT2D eigenvalue weighted by Crippen LogP contribution is -2.42. The van der Waals surface area contributed by atoms with Crippen LogP contribution in [0.1, 0.15) is 37.6 Å². The Bertz CT molecular complexity index is 895. The molecule has 0 aliphatic carbocycles. The molecule has 0 N–H and O–H groups in total. The number of amides is 2. The SMILES string of the molecule is CC(C)(C)C(=O)N1CCCN(C(=O)c2cc3ccccc3oc2=O)CC1. The molecular formula is C20H24N2O4. The summed E-state index contributed by atoms with van der Waals surface area (Å²) >= 11 is 0. The average molecular weight is 356 g/mol. The Morgan fingerprint density at radius 3 is 2.38 bits per heavy atom. The zero-order valence-electron chi connectivity index (χ0n) is 15.4. The van der Waals surface area contributed by atoms with Crippen LogP contribution in [0.5, 0.6) is 0 Å². The second-order valence-corrected chi connectivity index (χ2v) is 7.67. The van der Waals surface area contributed by atoms with Crippen molar-refractivity contribution in [2.24, 2.45) is 5.41 Å². The fourth-order valence-corrected chi connectivity index (χ4v) is 3.18. The molecule has 0 saturated carbocycles. The molecule has 1 aliphatic rings. The van der Waals surface area contributed by atoms with Crippen molar-refractivity contribution in [1.29, 1.82) is 0 Å². The van der Waals surface area contributed by atoms with Gasteiger partial charge in [-0.25, -0.2) is 4.79 Å². The monoisotopic (exact) mass is 356 g/mol. The van der Waals surface area contributed by atoms with Gasteiger partial charge in [0.05, 0.1) is 0 Å². The molecule has 1 saturated heterocycles. The van der Waals surface area contributed by atoms with Crippen LogP contribution in [0, 0.1) is 5.41 Å². The Morgan fingerprint density at radius 2 is 1.65 bits per heavy atom. The zero-order valence-corrected chi connectivity index (χ0v) is 15.4. The summed E-state index contributed by atoms with van der Waals surface area (Å²) in [7, 11) is 0. The van der Waals surface area contributed by atoms with Crippen LogP contribution in [0.3, 0.4) is 0 Å². The van der Waals surface area contributed by atoms with Crippen LogP contribution in [-0.4, -0.2) is 47.8 Å². The summed E-state index contributed by atoms with van der Waals surface area (Å²) in [5, 5.41) is 0.717. The van der Waals surface area contributed by atoms with Gasteiger partial charge >= 0.3 is 5.63 Å². The van der Waals surface area contributed by atoms with Gasteiger partial charge in [0.1, 0.15) is 11.1 Å². The summed E-state index contributed by atoms with van der Waals surface area (Å²) in [6.45, 7) is 7.69. The van der Waals surface area contributed by atoms with Gasteiger partial charge in [-0.1, -0.05) is 39.0 Å². The molecule has 0 radical (unpaired) electrons. The third kappa shape index (κ3) is 3.64. The normalized spacial score (nSPS) is 15.8. The summed E-state index contributed by atoms with van der Waals surface area (Å²) in [6.07, 6.45) is 0.687. The maximum absolute atomic E-state index is 12.9. The quantitative estimate of drug-likeness (QED) is 0.736. The second-order valence-electron chi connectivity index (χ2n) is 7.67. The standard InChI is InChI=1S/C20H24N2O4/c1-20(2,3)19(25)22-10-6-9-21(11-12-22)17(23)15-13-14-7-4-5-8-16(14)26-18(15)24/h4-5,7-8,13H,6,9-12H2,1-3H3. The molecule has 0 unspecified atom stereocenters. The van der Waals surface area contributed by atoms with Crippen LogP contribution < -0.4 is 5.63 Å². The summed E-state index contributed by atoms with van der Waals surface area (Å²) in [5.41, 5.74) is -0.565. The Balaban J connectivity index is 1.80. The molecule has 2 heterocycles. The predicted molar refractivity (Wildman–Crippen MR) is 99.0 cm³/mol. The maximum Gasteiger partial charge on any atom is 0.349 e. The molecule has 0 atom stereocenters. The lowest BCUT2D eigenvalue weighted by molar-refractivity contribution is -0.139. The van der Waals surface area contributed by atoms with Crippen molar-refractivity contribution in [3.05, 3.63) is 46.3 Å². The molecule has 6 heteroatoms. The lowest BCUT2D eigenvalue weighted by Gasteiger charge is -2.28. The minimum atomic E-state index is -0.624. The fraction of sp³-hybridized carbons (Fsp3) is 0.450. The Morgan fingerprint density at radius 1 is 1.00 bits per heavy atom. The van der Waals surface area contributed by atoms with E-state index in [2.05, 4.69) is 0 Å². The van der Waals surface area contributed by atoms with E-state index >= 15 is 0 Å². The number of hydrogen-bond acceptors (Lipinski definition) is 4. The van der Waals surface area contributed by atoms with E-state index < -0.39 is 11.0 Å². The molecule has 26 heavy (non-hydrogen) atoms. The molecule has 0 bridgehead atoms. The highest BCUT2D eigenvalue weighted by Crippen LogP contribution is 2.19. The highest BCUT2D eigenvalue weighted by atomic mass is 16.4. The van der Waals surface area contributed by atoms with Crippen LogP contribution in [0.15, 0.2) is 39.5 Å². The number of carbonyl (C=O) groups is 2. The fourth-order valence-electron chi connectivity index (χ4n) is 3.18. The number of para-hydroxylation sites is 1. The largest absolute Gasteiger partial charge is 0.422 e. The van der Waals surface area contributed by atoms with E-state index in [0.717, 1.165) is 5.39 Å². The van der Waals surface area contributed by atoms with E-state index in [1.807, 2.05) is 26.8 Å². The van der Waals surface area contributed by atoms with Gasteiger partial charge in [-0.3, -0.25) is 9.59 Å². The Labute approximate surface area is 152 Å². The van der Waals surface area contributed by atoms with E-state index in [0.29, 0.717) is 38.2 Å². The Kier molecular flexibility index (Phi) is 4.85. The van der Waals surface area contributed by atoms with E-state index in [9.17, 15) is 14.4 Å². The van der Waals surface area contributed by atoms with E-state index in [1.165, 1.54) is 0 Å². The molecule has 2 amide bonds. The van der Waals surface area contributed by atoms with Crippen molar-refractivity contribution in [3.8, 4) is 0 Å². The second kappa shape index (κ2) is 6.94. The number of fused-ring (bicyclic) bond motifs is 1. The third-order valence-electron chi connectivity index (χ3n) is 4.58. The van der Waals surface area contributed by atoms with Gasteiger partial charge in [0.15, 0.2) is 0 Å². The molecule has 1 aliphatic heterocycles. The number of nitrogens with zero attached hydrogens (tertiary/aromatic N) is 2. The predicted octanol–water partition coefficient (Wildman–Crippen LogP) is 2.51. The average Bonchev–Trinajstić information content (AvgIpc) is 2.85. The van der Waals surface area contributed by atoms with Crippen LogP contribution in [0.2, 0.25) is 0 Å². The van der Waals surface area contributed by atoms with Crippen molar-refractivity contribution in [3.63, 3.8) is 0 Å². The summed E-state index contributed by atoms with van der Waals surface area (Å²) in [5.74, 6) is -0.258. The van der Waals surface area contributed by atoms with Gasteiger partial charge in [0.25, 0.3) is 5.91 Å². The van der Waals surface area contributed by atoms with Crippen molar-refractivity contribution in [1.82, 2.24) is 9.80 Å². The Hall–Kier alpha value is -2.63. The summed E-state index contributed by atoms with van der Waals surface area (Å²) in [6, 6.07) is 8.71. The molecule has 2 aromatic rings. The first-order chi connectivity index (χ1) is 12.3. The highest BCUT2D eigenvalue weighted by Gasteiger charge is 2.30. The van der Waals surface area contributed by atoms with Gasteiger partial charge in [-0.2, -0.15) is 0 Å². The van der Waals surface area contributed by atoms with Crippen molar-refractivity contribution >= 4 is 22.8 Å². The lowest BCUT2D eigenvalue weighted by atomic mass is 9.94. The van der Waals surface area contributed by atoms with Gasteiger partial charge in [-0.05, 0) is 18.6 Å². The summed E-state index contributed by atoms with van der Waals surface area (Å²) < 4.78 is 5.27. The van der Waals surface area contributed by atoms with Gasteiger partial charge in [0, 0.05) is 37.0 Å². The minimum Gasteiger partial charge on any atom is -0.422 e. The van der Waals surface area contributed by atoms with Crippen molar-refractivity contribution in [2.75, 3.05) is 26.2 Å². The van der Waals surface area contributed by atoms with E-state index in [-0.39, 0.29) is 17.4 Å². The molecule has 1 fully saturated rings. The molecule has 3 rings (SSSR count). The molecule has 6 nitrogen and oxygen atoms in total.